The van der Waals surface area contributed by atoms with E-state index in [2.05, 4.69) is 5.48 Å². The molecule has 0 aromatic heterocycles. The van der Waals surface area contributed by atoms with Gasteiger partial charge in [0.1, 0.15) is 0 Å². The number of benzene rings is 1. The highest BCUT2D eigenvalue weighted by Gasteiger charge is 2.13. The third-order valence-corrected chi connectivity index (χ3v) is 2.51. The minimum Gasteiger partial charge on any atom is -0.320 e. The van der Waals surface area contributed by atoms with Gasteiger partial charge in [0.2, 0.25) is 0 Å². The molecule has 4 nitrogen and oxygen atoms in total. The van der Waals surface area contributed by atoms with Crippen molar-refractivity contribution in [2.24, 2.45) is 11.7 Å². The van der Waals surface area contributed by atoms with Gasteiger partial charge in [0, 0.05) is 0 Å². The number of aryl methyl sites for hydroxylation is 1. The summed E-state index contributed by atoms with van der Waals surface area (Å²) in [5, 5.41) is 0. The van der Waals surface area contributed by atoms with Crippen molar-refractivity contribution in [3.8, 4) is 0 Å². The molecule has 1 amide bonds. The Labute approximate surface area is 108 Å². The quantitative estimate of drug-likeness (QED) is 0.723. The second-order valence-corrected chi connectivity index (χ2v) is 4.80. The lowest BCUT2D eigenvalue weighted by molar-refractivity contribution is -0.135. The second-order valence-electron chi connectivity index (χ2n) is 4.80. The molecule has 0 bridgehead atoms. The highest BCUT2D eigenvalue weighted by Crippen LogP contribution is 2.04. The van der Waals surface area contributed by atoms with Crippen LogP contribution in [0, 0.1) is 5.92 Å². The van der Waals surface area contributed by atoms with Gasteiger partial charge in [0.15, 0.2) is 0 Å². The molecule has 0 spiro atoms. The molecule has 1 rings (SSSR count). The number of hydrogen-bond donors (Lipinski definition) is 2. The minimum atomic E-state index is -0.530. The molecule has 0 saturated heterocycles. The van der Waals surface area contributed by atoms with Crippen LogP contribution in [0.25, 0.3) is 0 Å². The average molecular weight is 250 g/mol. The standard InChI is InChI=1S/C14H22N2O2/c1-11(2)10-18-16-14(17)13(15)9-8-12-6-4-3-5-7-12/h3-7,11,13H,8-10,15H2,1-2H3,(H,16,17). The lowest BCUT2D eigenvalue weighted by atomic mass is 10.1. The van der Waals surface area contributed by atoms with E-state index in [4.69, 9.17) is 10.6 Å². The van der Waals surface area contributed by atoms with Crippen molar-refractivity contribution in [3.05, 3.63) is 35.9 Å². The summed E-state index contributed by atoms with van der Waals surface area (Å²) in [6.45, 7) is 4.53. The van der Waals surface area contributed by atoms with Crippen molar-refractivity contribution in [3.63, 3.8) is 0 Å². The Kier molecular flexibility index (Phi) is 6.39. The Hall–Kier alpha value is -1.39. The molecule has 0 aliphatic carbocycles. The van der Waals surface area contributed by atoms with Crippen LogP contribution in [0.15, 0.2) is 30.3 Å². The lowest BCUT2D eigenvalue weighted by Crippen LogP contribution is -2.41. The number of nitrogens with two attached hydrogens (primary N) is 1. The molecule has 1 unspecified atom stereocenters. The molecule has 3 N–H and O–H groups in total. The number of rotatable bonds is 7. The van der Waals surface area contributed by atoms with Crippen LogP contribution in [0.2, 0.25) is 0 Å². The zero-order valence-corrected chi connectivity index (χ0v) is 11.1. The van der Waals surface area contributed by atoms with Crippen molar-refractivity contribution in [1.82, 2.24) is 5.48 Å². The fraction of sp³-hybridized carbons (Fsp3) is 0.500. The third-order valence-electron chi connectivity index (χ3n) is 2.51. The van der Waals surface area contributed by atoms with E-state index >= 15 is 0 Å². The topological polar surface area (TPSA) is 64.3 Å². The normalized spacial score (nSPS) is 12.4. The van der Waals surface area contributed by atoms with E-state index in [1.165, 1.54) is 5.56 Å². The van der Waals surface area contributed by atoms with Crippen molar-refractivity contribution in [2.45, 2.75) is 32.7 Å². The van der Waals surface area contributed by atoms with Gasteiger partial charge in [0.05, 0.1) is 12.6 Å². The first-order valence-electron chi connectivity index (χ1n) is 6.30. The van der Waals surface area contributed by atoms with Crippen LogP contribution in [0.1, 0.15) is 25.8 Å². The number of carbonyl (C=O) groups is 1. The molecule has 1 atom stereocenters. The summed E-state index contributed by atoms with van der Waals surface area (Å²) in [5.41, 5.74) is 9.36. The van der Waals surface area contributed by atoms with E-state index in [9.17, 15) is 4.79 Å². The van der Waals surface area contributed by atoms with Gasteiger partial charge in [-0.15, -0.1) is 0 Å². The summed E-state index contributed by atoms with van der Waals surface area (Å²) in [6, 6.07) is 9.45. The van der Waals surface area contributed by atoms with Gasteiger partial charge >= 0.3 is 0 Å². The molecule has 4 heteroatoms. The molecule has 100 valence electrons. The molecule has 18 heavy (non-hydrogen) atoms. The van der Waals surface area contributed by atoms with Gasteiger partial charge in [-0.05, 0) is 24.3 Å². The zero-order valence-electron chi connectivity index (χ0n) is 11.1. The number of hydroxylamine groups is 1. The van der Waals surface area contributed by atoms with Crippen LogP contribution >= 0.6 is 0 Å². The summed E-state index contributed by atoms with van der Waals surface area (Å²) < 4.78 is 0. The summed E-state index contributed by atoms with van der Waals surface area (Å²) in [6.07, 6.45) is 1.40. The van der Waals surface area contributed by atoms with Crippen LogP contribution < -0.4 is 11.2 Å². The number of nitrogens with one attached hydrogen (secondary N) is 1. The van der Waals surface area contributed by atoms with Crippen molar-refractivity contribution in [1.29, 1.82) is 0 Å². The largest absolute Gasteiger partial charge is 0.320 e. The van der Waals surface area contributed by atoms with E-state index < -0.39 is 6.04 Å². The smallest absolute Gasteiger partial charge is 0.260 e. The maximum atomic E-state index is 11.6. The Morgan fingerprint density at radius 1 is 1.33 bits per heavy atom. The second kappa shape index (κ2) is 7.84. The lowest BCUT2D eigenvalue weighted by Gasteiger charge is -2.13. The van der Waals surface area contributed by atoms with Crippen LogP contribution in [-0.4, -0.2) is 18.6 Å². The molecule has 0 fully saturated rings. The highest BCUT2D eigenvalue weighted by molar-refractivity contribution is 5.80. The Morgan fingerprint density at radius 3 is 2.61 bits per heavy atom. The monoisotopic (exact) mass is 250 g/mol. The average Bonchev–Trinajstić information content (AvgIpc) is 2.36. The minimum absolute atomic E-state index is 0.258. The highest BCUT2D eigenvalue weighted by atomic mass is 16.7. The molecule has 0 radical (unpaired) electrons. The first-order valence-corrected chi connectivity index (χ1v) is 6.30. The molecule has 0 heterocycles. The summed E-state index contributed by atoms with van der Waals surface area (Å²) in [7, 11) is 0. The molecule has 1 aromatic carbocycles. The Morgan fingerprint density at radius 2 is 2.00 bits per heavy atom. The predicted octanol–water partition coefficient (Wildman–Crippen LogP) is 1.65. The van der Waals surface area contributed by atoms with Gasteiger partial charge in [-0.25, -0.2) is 5.48 Å². The van der Waals surface area contributed by atoms with Crippen LogP contribution in [-0.2, 0) is 16.1 Å². The van der Waals surface area contributed by atoms with Crippen molar-refractivity contribution < 1.29 is 9.63 Å². The van der Waals surface area contributed by atoms with Crippen LogP contribution in [0.3, 0.4) is 0 Å². The summed E-state index contributed by atoms with van der Waals surface area (Å²) in [5.74, 6) is 0.123. The fourth-order valence-corrected chi connectivity index (χ4v) is 1.45. The van der Waals surface area contributed by atoms with Gasteiger partial charge in [-0.3, -0.25) is 9.63 Å². The van der Waals surface area contributed by atoms with Crippen molar-refractivity contribution >= 4 is 5.91 Å². The fourth-order valence-electron chi connectivity index (χ4n) is 1.45. The first kappa shape index (κ1) is 14.7. The maximum Gasteiger partial charge on any atom is 0.260 e. The van der Waals surface area contributed by atoms with Gasteiger partial charge in [-0.2, -0.15) is 0 Å². The summed E-state index contributed by atoms with van der Waals surface area (Å²) >= 11 is 0. The Bertz CT molecular complexity index is 352. The van der Waals surface area contributed by atoms with Gasteiger partial charge in [-0.1, -0.05) is 44.2 Å². The van der Waals surface area contributed by atoms with E-state index in [0.717, 1.165) is 6.42 Å². The number of hydrogen-bond acceptors (Lipinski definition) is 3. The van der Waals surface area contributed by atoms with Gasteiger partial charge in [0.25, 0.3) is 5.91 Å². The third kappa shape index (κ3) is 5.80. The predicted molar refractivity (Wildman–Crippen MR) is 71.7 cm³/mol. The molecule has 0 aliphatic rings. The van der Waals surface area contributed by atoms with Crippen LogP contribution in [0.5, 0.6) is 0 Å². The van der Waals surface area contributed by atoms with E-state index in [-0.39, 0.29) is 5.91 Å². The van der Waals surface area contributed by atoms with Crippen molar-refractivity contribution in [2.75, 3.05) is 6.61 Å². The molecular weight excluding hydrogens is 228 g/mol. The Balaban J connectivity index is 2.23. The van der Waals surface area contributed by atoms with E-state index in [0.29, 0.717) is 18.9 Å². The number of carbonyl (C=O) groups excluding carboxylic acids is 1. The summed E-state index contributed by atoms with van der Waals surface area (Å²) in [4.78, 5) is 16.6. The van der Waals surface area contributed by atoms with Crippen LogP contribution in [0.4, 0.5) is 0 Å². The maximum absolute atomic E-state index is 11.6. The zero-order chi connectivity index (χ0) is 13.4. The number of amides is 1. The SMILES string of the molecule is CC(C)CONC(=O)C(N)CCc1ccccc1. The van der Waals surface area contributed by atoms with Gasteiger partial charge < -0.3 is 5.73 Å². The molecule has 0 saturated carbocycles. The molecule has 1 aromatic rings. The van der Waals surface area contributed by atoms with E-state index in [1.54, 1.807) is 0 Å². The molecule has 0 aliphatic heterocycles. The van der Waals surface area contributed by atoms with E-state index in [1.807, 2.05) is 44.2 Å². The first-order chi connectivity index (χ1) is 8.59. The molecular formula is C14H22N2O2.